The maximum atomic E-state index is 12.5. The zero-order valence-electron chi connectivity index (χ0n) is 9.49. The summed E-state index contributed by atoms with van der Waals surface area (Å²) in [4.78, 5) is 3.86. The van der Waals surface area contributed by atoms with Gasteiger partial charge in [-0.15, -0.1) is 0 Å². The zero-order chi connectivity index (χ0) is 13.2. The van der Waals surface area contributed by atoms with Gasteiger partial charge in [-0.1, -0.05) is 0 Å². The predicted octanol–water partition coefficient (Wildman–Crippen LogP) is 3.00. The lowest BCUT2D eigenvalue weighted by Gasteiger charge is -2.14. The second kappa shape index (κ2) is 4.67. The van der Waals surface area contributed by atoms with Gasteiger partial charge < -0.3 is 5.32 Å². The molecule has 2 aromatic rings. The monoisotopic (exact) mass is 256 g/mol. The molecule has 2 heterocycles. The van der Waals surface area contributed by atoms with Gasteiger partial charge in [-0.3, -0.25) is 5.10 Å². The lowest BCUT2D eigenvalue weighted by molar-refractivity contribution is -0.137. The number of alkyl halides is 3. The summed E-state index contributed by atoms with van der Waals surface area (Å²) in [7, 11) is 0. The topological polar surface area (TPSA) is 53.6 Å². The highest BCUT2D eigenvalue weighted by atomic mass is 19.4. The molecule has 96 valence electrons. The van der Waals surface area contributed by atoms with Crippen molar-refractivity contribution in [2.75, 3.05) is 5.32 Å². The molecule has 0 amide bonds. The Bertz CT molecular complexity index is 507. The molecule has 0 saturated carbocycles. The van der Waals surface area contributed by atoms with Crippen LogP contribution in [0.1, 0.15) is 24.1 Å². The van der Waals surface area contributed by atoms with E-state index in [0.717, 1.165) is 23.9 Å². The first kappa shape index (κ1) is 12.4. The summed E-state index contributed by atoms with van der Waals surface area (Å²) in [6, 6.07) is 1.74. The Morgan fingerprint density at radius 3 is 2.78 bits per heavy atom. The van der Waals surface area contributed by atoms with Crippen molar-refractivity contribution in [3.63, 3.8) is 0 Å². The van der Waals surface area contributed by atoms with Gasteiger partial charge in [0.15, 0.2) is 0 Å². The lowest BCUT2D eigenvalue weighted by atomic mass is 10.2. The van der Waals surface area contributed by atoms with Crippen LogP contribution in [0.5, 0.6) is 0 Å². The van der Waals surface area contributed by atoms with Crippen molar-refractivity contribution in [3.05, 3.63) is 41.9 Å². The van der Waals surface area contributed by atoms with Crippen LogP contribution in [0.3, 0.4) is 0 Å². The second-order valence-electron chi connectivity index (χ2n) is 3.83. The SMILES string of the molecule is CC(Nc1cc(C(F)(F)F)ccn1)c1cn[nH]c1. The third kappa shape index (κ3) is 2.79. The van der Waals surface area contributed by atoms with Crippen LogP contribution in [-0.4, -0.2) is 15.2 Å². The molecule has 1 unspecified atom stereocenters. The van der Waals surface area contributed by atoms with Gasteiger partial charge in [-0.2, -0.15) is 18.3 Å². The summed E-state index contributed by atoms with van der Waals surface area (Å²) in [6.45, 7) is 1.81. The first-order valence-corrected chi connectivity index (χ1v) is 5.25. The molecule has 7 heteroatoms. The summed E-state index contributed by atoms with van der Waals surface area (Å²) in [5.74, 6) is 0.179. The minimum atomic E-state index is -4.36. The minimum absolute atomic E-state index is 0.179. The summed E-state index contributed by atoms with van der Waals surface area (Å²) in [6.07, 6.45) is 0.0437. The predicted molar refractivity (Wildman–Crippen MR) is 59.9 cm³/mol. The Balaban J connectivity index is 2.15. The molecule has 18 heavy (non-hydrogen) atoms. The van der Waals surface area contributed by atoms with Crippen LogP contribution in [-0.2, 0) is 6.18 Å². The third-order valence-electron chi connectivity index (χ3n) is 2.47. The third-order valence-corrected chi connectivity index (χ3v) is 2.47. The van der Waals surface area contributed by atoms with Crippen LogP contribution in [0, 0.1) is 0 Å². The zero-order valence-corrected chi connectivity index (χ0v) is 9.49. The maximum Gasteiger partial charge on any atom is 0.416 e. The van der Waals surface area contributed by atoms with Gasteiger partial charge in [0.25, 0.3) is 0 Å². The summed E-state index contributed by atoms with van der Waals surface area (Å²) in [5.41, 5.74) is 0.119. The molecule has 2 aromatic heterocycles. The number of aromatic nitrogens is 3. The van der Waals surface area contributed by atoms with Crippen LogP contribution in [0.15, 0.2) is 30.7 Å². The van der Waals surface area contributed by atoms with E-state index in [1.165, 1.54) is 0 Å². The molecule has 0 bridgehead atoms. The number of hydrogen-bond donors (Lipinski definition) is 2. The van der Waals surface area contributed by atoms with Gasteiger partial charge in [0.2, 0.25) is 0 Å². The van der Waals surface area contributed by atoms with E-state index in [4.69, 9.17) is 0 Å². The fourth-order valence-corrected chi connectivity index (χ4v) is 1.49. The fourth-order valence-electron chi connectivity index (χ4n) is 1.49. The first-order valence-electron chi connectivity index (χ1n) is 5.25. The van der Waals surface area contributed by atoms with E-state index in [2.05, 4.69) is 20.5 Å². The van der Waals surface area contributed by atoms with Crippen molar-refractivity contribution < 1.29 is 13.2 Å². The van der Waals surface area contributed by atoms with Gasteiger partial charge in [0.1, 0.15) is 5.82 Å². The van der Waals surface area contributed by atoms with E-state index in [1.54, 1.807) is 12.4 Å². The number of pyridine rings is 1. The average Bonchev–Trinajstić information content (AvgIpc) is 2.81. The molecule has 4 nitrogen and oxygen atoms in total. The van der Waals surface area contributed by atoms with E-state index < -0.39 is 11.7 Å². The highest BCUT2D eigenvalue weighted by molar-refractivity contribution is 5.40. The summed E-state index contributed by atoms with van der Waals surface area (Å²) < 4.78 is 37.5. The minimum Gasteiger partial charge on any atom is -0.363 e. The molecule has 0 aromatic carbocycles. The van der Waals surface area contributed by atoms with Gasteiger partial charge >= 0.3 is 6.18 Å². The number of nitrogens with zero attached hydrogens (tertiary/aromatic N) is 2. The normalized spacial score (nSPS) is 13.3. The van der Waals surface area contributed by atoms with Gasteiger partial charge in [0, 0.05) is 18.0 Å². The number of halogens is 3. The summed E-state index contributed by atoms with van der Waals surface area (Å²) >= 11 is 0. The van der Waals surface area contributed by atoms with Crippen LogP contribution in [0.2, 0.25) is 0 Å². The summed E-state index contributed by atoms with van der Waals surface area (Å²) in [5, 5.41) is 9.30. The van der Waals surface area contributed by atoms with Gasteiger partial charge in [0.05, 0.1) is 17.8 Å². The molecule has 2 rings (SSSR count). The highest BCUT2D eigenvalue weighted by Crippen LogP contribution is 2.30. The van der Waals surface area contributed by atoms with Gasteiger partial charge in [-0.05, 0) is 19.1 Å². The number of H-pyrrole nitrogens is 1. The fraction of sp³-hybridized carbons (Fsp3) is 0.273. The second-order valence-corrected chi connectivity index (χ2v) is 3.83. The van der Waals surface area contributed by atoms with Crippen LogP contribution >= 0.6 is 0 Å². The number of anilines is 1. The molecule has 0 aliphatic heterocycles. The molecule has 0 radical (unpaired) electrons. The molecule has 0 saturated heterocycles. The highest BCUT2D eigenvalue weighted by Gasteiger charge is 2.30. The van der Waals surface area contributed by atoms with Crippen molar-refractivity contribution in [1.82, 2.24) is 15.2 Å². The number of nitrogens with one attached hydrogen (secondary N) is 2. The first-order chi connectivity index (χ1) is 8.47. The van der Waals surface area contributed by atoms with E-state index in [-0.39, 0.29) is 11.9 Å². The van der Waals surface area contributed by atoms with Crippen LogP contribution in [0.4, 0.5) is 19.0 Å². The molecule has 0 fully saturated rings. The smallest absolute Gasteiger partial charge is 0.363 e. The van der Waals surface area contributed by atoms with E-state index in [9.17, 15) is 13.2 Å². The molecular formula is C11H11F3N4. The molecule has 0 spiro atoms. The van der Waals surface area contributed by atoms with Crippen LogP contribution in [0.25, 0.3) is 0 Å². The van der Waals surface area contributed by atoms with E-state index >= 15 is 0 Å². The Labute approximate surface area is 101 Å². The maximum absolute atomic E-state index is 12.5. The molecule has 2 N–H and O–H groups in total. The van der Waals surface area contributed by atoms with Crippen LogP contribution < -0.4 is 5.32 Å². The van der Waals surface area contributed by atoms with Gasteiger partial charge in [-0.25, -0.2) is 4.98 Å². The number of hydrogen-bond acceptors (Lipinski definition) is 3. The molecule has 0 aliphatic carbocycles. The van der Waals surface area contributed by atoms with E-state index in [0.29, 0.717) is 0 Å². The average molecular weight is 256 g/mol. The molecule has 1 atom stereocenters. The van der Waals surface area contributed by atoms with Crippen molar-refractivity contribution >= 4 is 5.82 Å². The lowest BCUT2D eigenvalue weighted by Crippen LogP contribution is -2.10. The number of aromatic amines is 1. The molecular weight excluding hydrogens is 245 g/mol. The quantitative estimate of drug-likeness (QED) is 0.887. The Kier molecular flexibility index (Phi) is 3.22. The van der Waals surface area contributed by atoms with E-state index in [1.807, 2.05) is 6.92 Å². The largest absolute Gasteiger partial charge is 0.416 e. The Hall–Kier alpha value is -2.05. The van der Waals surface area contributed by atoms with Crippen molar-refractivity contribution in [3.8, 4) is 0 Å². The standard InChI is InChI=1S/C11H11F3N4/c1-7(8-5-16-17-6-8)18-10-4-9(2-3-15-10)11(12,13)14/h2-7H,1H3,(H,15,18)(H,16,17). The van der Waals surface area contributed by atoms with Crippen molar-refractivity contribution in [2.45, 2.75) is 19.1 Å². The van der Waals surface area contributed by atoms with Crippen molar-refractivity contribution in [1.29, 1.82) is 0 Å². The Morgan fingerprint density at radius 2 is 2.17 bits per heavy atom. The Morgan fingerprint density at radius 1 is 1.39 bits per heavy atom. The van der Waals surface area contributed by atoms with Crippen molar-refractivity contribution in [2.24, 2.45) is 0 Å². The molecule has 0 aliphatic rings. The number of rotatable bonds is 3.